The van der Waals surface area contributed by atoms with E-state index in [9.17, 15) is 4.79 Å². The second kappa shape index (κ2) is 6.69. The first-order valence-corrected chi connectivity index (χ1v) is 7.66. The summed E-state index contributed by atoms with van der Waals surface area (Å²) < 4.78 is 16.7. The molecular formula is C17H22O4. The zero-order chi connectivity index (χ0) is 14.7. The minimum absolute atomic E-state index is 0.0987. The van der Waals surface area contributed by atoms with Crippen LogP contribution in [0.15, 0.2) is 24.3 Å². The molecule has 3 rings (SSSR count). The van der Waals surface area contributed by atoms with E-state index in [1.54, 1.807) is 7.11 Å². The van der Waals surface area contributed by atoms with Gasteiger partial charge >= 0.3 is 0 Å². The molecule has 0 aromatic heterocycles. The van der Waals surface area contributed by atoms with Gasteiger partial charge in [-0.25, -0.2) is 0 Å². The average molecular weight is 290 g/mol. The van der Waals surface area contributed by atoms with E-state index >= 15 is 0 Å². The number of fused-ring (bicyclic) bond motifs is 1. The maximum absolute atomic E-state index is 11.7. The standard InChI is InChI=1S/C17H22O4/c1-19-9-10-20-17-14(18)11-16(17)21-15-8-4-6-12-5-2-3-7-13(12)15/h2-3,5,7,15-17H,4,6,8-11H2,1H3. The highest BCUT2D eigenvalue weighted by molar-refractivity contribution is 5.90. The number of rotatable bonds is 6. The molecule has 0 heterocycles. The Morgan fingerprint density at radius 3 is 2.90 bits per heavy atom. The maximum Gasteiger partial charge on any atom is 0.166 e. The Bertz CT molecular complexity index is 499. The van der Waals surface area contributed by atoms with Gasteiger partial charge in [-0.05, 0) is 30.4 Å². The van der Waals surface area contributed by atoms with Crippen molar-refractivity contribution in [1.29, 1.82) is 0 Å². The van der Waals surface area contributed by atoms with Crippen LogP contribution in [0, 0.1) is 0 Å². The summed E-state index contributed by atoms with van der Waals surface area (Å²) in [5, 5.41) is 0. The van der Waals surface area contributed by atoms with Crippen molar-refractivity contribution in [3.8, 4) is 0 Å². The van der Waals surface area contributed by atoms with E-state index in [0.29, 0.717) is 19.6 Å². The quantitative estimate of drug-likeness (QED) is 0.755. The molecule has 1 fully saturated rings. The zero-order valence-electron chi connectivity index (χ0n) is 12.4. The van der Waals surface area contributed by atoms with Crippen LogP contribution in [0.25, 0.3) is 0 Å². The molecule has 3 unspecified atom stereocenters. The van der Waals surface area contributed by atoms with E-state index in [1.807, 2.05) is 0 Å². The van der Waals surface area contributed by atoms with E-state index in [2.05, 4.69) is 24.3 Å². The second-order valence-electron chi connectivity index (χ2n) is 5.71. The van der Waals surface area contributed by atoms with Gasteiger partial charge in [0.2, 0.25) is 0 Å². The van der Waals surface area contributed by atoms with E-state index < -0.39 is 6.10 Å². The highest BCUT2D eigenvalue weighted by Crippen LogP contribution is 2.36. The highest BCUT2D eigenvalue weighted by Gasteiger charge is 2.43. The summed E-state index contributed by atoms with van der Waals surface area (Å²) in [5.74, 6) is 0.139. The van der Waals surface area contributed by atoms with E-state index in [0.717, 1.165) is 19.3 Å². The summed E-state index contributed by atoms with van der Waals surface area (Å²) in [6.07, 6.45) is 3.33. The van der Waals surface area contributed by atoms with Gasteiger partial charge in [0, 0.05) is 13.5 Å². The summed E-state index contributed by atoms with van der Waals surface area (Å²) in [7, 11) is 1.62. The van der Waals surface area contributed by atoms with E-state index in [-0.39, 0.29) is 18.0 Å². The summed E-state index contributed by atoms with van der Waals surface area (Å²) in [6.45, 7) is 0.941. The molecule has 2 aliphatic rings. The van der Waals surface area contributed by atoms with Crippen LogP contribution in [0.4, 0.5) is 0 Å². The Morgan fingerprint density at radius 2 is 2.10 bits per heavy atom. The lowest BCUT2D eigenvalue weighted by molar-refractivity contribution is -0.177. The number of hydrogen-bond donors (Lipinski definition) is 0. The first-order chi connectivity index (χ1) is 10.3. The lowest BCUT2D eigenvalue weighted by atomic mass is 9.86. The molecule has 114 valence electrons. The Balaban J connectivity index is 1.61. The van der Waals surface area contributed by atoms with Gasteiger partial charge in [-0.2, -0.15) is 0 Å². The van der Waals surface area contributed by atoms with Crippen LogP contribution in [-0.4, -0.2) is 38.3 Å². The number of benzene rings is 1. The third-order valence-corrected chi connectivity index (χ3v) is 4.30. The third-order valence-electron chi connectivity index (χ3n) is 4.30. The third kappa shape index (κ3) is 3.18. The molecule has 0 saturated heterocycles. The minimum atomic E-state index is -0.408. The number of ketones is 1. The fraction of sp³-hybridized carbons (Fsp3) is 0.588. The van der Waals surface area contributed by atoms with Crippen LogP contribution in [-0.2, 0) is 25.4 Å². The molecule has 0 amide bonds. The number of Topliss-reactive ketones (excluding diaryl/α,β-unsaturated/α-hetero) is 1. The van der Waals surface area contributed by atoms with Crippen molar-refractivity contribution in [2.45, 2.75) is 44.0 Å². The lowest BCUT2D eigenvalue weighted by Crippen LogP contribution is -2.51. The Kier molecular flexibility index (Phi) is 4.68. The molecule has 21 heavy (non-hydrogen) atoms. The van der Waals surface area contributed by atoms with Gasteiger partial charge in [0.05, 0.1) is 25.4 Å². The van der Waals surface area contributed by atoms with Crippen molar-refractivity contribution in [1.82, 2.24) is 0 Å². The first-order valence-electron chi connectivity index (χ1n) is 7.66. The van der Waals surface area contributed by atoms with Crippen LogP contribution in [0.1, 0.15) is 36.5 Å². The van der Waals surface area contributed by atoms with Gasteiger partial charge in [0.15, 0.2) is 5.78 Å². The predicted octanol–water partition coefficient (Wildman–Crippen LogP) is 2.45. The van der Waals surface area contributed by atoms with Gasteiger partial charge < -0.3 is 14.2 Å². The molecule has 1 saturated carbocycles. The summed E-state index contributed by atoms with van der Waals surface area (Å²) in [4.78, 5) is 11.7. The SMILES string of the molecule is COCCOC1C(=O)CC1OC1CCCc2ccccc21. The molecule has 2 aliphatic carbocycles. The fourth-order valence-corrected chi connectivity index (χ4v) is 3.11. The molecule has 0 N–H and O–H groups in total. The fourth-order valence-electron chi connectivity index (χ4n) is 3.11. The van der Waals surface area contributed by atoms with Crippen molar-refractivity contribution >= 4 is 5.78 Å². The predicted molar refractivity (Wildman–Crippen MR) is 78.2 cm³/mol. The number of hydrogen-bond acceptors (Lipinski definition) is 4. The molecule has 0 radical (unpaired) electrons. The molecular weight excluding hydrogens is 268 g/mol. The van der Waals surface area contributed by atoms with Gasteiger partial charge in [0.1, 0.15) is 6.10 Å². The molecule has 4 nitrogen and oxygen atoms in total. The Morgan fingerprint density at radius 1 is 1.24 bits per heavy atom. The molecule has 4 heteroatoms. The molecule has 0 spiro atoms. The summed E-state index contributed by atoms with van der Waals surface area (Å²) in [6, 6.07) is 8.44. The van der Waals surface area contributed by atoms with Crippen molar-refractivity contribution < 1.29 is 19.0 Å². The molecule has 1 aromatic rings. The number of carbonyl (C=O) groups is 1. The normalized spacial score (nSPS) is 28.0. The molecule has 0 bridgehead atoms. The number of carbonyl (C=O) groups excluding carboxylic acids is 1. The molecule has 1 aromatic carbocycles. The Hall–Kier alpha value is -1.23. The second-order valence-corrected chi connectivity index (χ2v) is 5.71. The van der Waals surface area contributed by atoms with Crippen molar-refractivity contribution in [3.63, 3.8) is 0 Å². The summed E-state index contributed by atoms with van der Waals surface area (Å²) >= 11 is 0. The van der Waals surface area contributed by atoms with Crippen LogP contribution in [0.3, 0.4) is 0 Å². The lowest BCUT2D eigenvalue weighted by Gasteiger charge is -2.38. The van der Waals surface area contributed by atoms with Crippen molar-refractivity contribution in [3.05, 3.63) is 35.4 Å². The zero-order valence-corrected chi connectivity index (χ0v) is 12.4. The number of ether oxygens (including phenoxy) is 3. The van der Waals surface area contributed by atoms with Crippen molar-refractivity contribution in [2.75, 3.05) is 20.3 Å². The van der Waals surface area contributed by atoms with Gasteiger partial charge in [-0.3, -0.25) is 4.79 Å². The maximum atomic E-state index is 11.7. The van der Waals surface area contributed by atoms with Gasteiger partial charge in [-0.1, -0.05) is 24.3 Å². The largest absolute Gasteiger partial charge is 0.382 e. The average Bonchev–Trinajstić information content (AvgIpc) is 2.51. The van der Waals surface area contributed by atoms with E-state index in [4.69, 9.17) is 14.2 Å². The molecule has 3 atom stereocenters. The topological polar surface area (TPSA) is 44.8 Å². The van der Waals surface area contributed by atoms with Crippen molar-refractivity contribution in [2.24, 2.45) is 0 Å². The number of aryl methyl sites for hydroxylation is 1. The van der Waals surface area contributed by atoms with Crippen LogP contribution in [0.2, 0.25) is 0 Å². The first kappa shape index (κ1) is 14.7. The van der Waals surface area contributed by atoms with Crippen LogP contribution < -0.4 is 0 Å². The van der Waals surface area contributed by atoms with Crippen LogP contribution >= 0.6 is 0 Å². The molecule has 0 aliphatic heterocycles. The van der Waals surface area contributed by atoms with E-state index in [1.165, 1.54) is 11.1 Å². The minimum Gasteiger partial charge on any atom is -0.382 e. The smallest absolute Gasteiger partial charge is 0.166 e. The summed E-state index contributed by atoms with van der Waals surface area (Å²) in [5.41, 5.74) is 2.65. The highest BCUT2D eigenvalue weighted by atomic mass is 16.6. The van der Waals surface area contributed by atoms with Gasteiger partial charge in [0.25, 0.3) is 0 Å². The van der Waals surface area contributed by atoms with Gasteiger partial charge in [-0.15, -0.1) is 0 Å². The monoisotopic (exact) mass is 290 g/mol. The van der Waals surface area contributed by atoms with Crippen LogP contribution in [0.5, 0.6) is 0 Å². The number of methoxy groups -OCH3 is 1. The Labute approximate surface area is 125 Å².